The van der Waals surface area contributed by atoms with E-state index in [0.717, 1.165) is 22.4 Å². The summed E-state index contributed by atoms with van der Waals surface area (Å²) < 4.78 is 27.6. The molecule has 0 bridgehead atoms. The average molecular weight is 297 g/mol. The maximum Gasteiger partial charge on any atom is 0.261 e. The van der Waals surface area contributed by atoms with Crippen LogP contribution in [0.3, 0.4) is 0 Å². The summed E-state index contributed by atoms with van der Waals surface area (Å²) in [6, 6.07) is 12.4. The summed E-state index contributed by atoms with van der Waals surface area (Å²) in [7, 11) is 3.25. The second kappa shape index (κ2) is 5.23. The van der Waals surface area contributed by atoms with Crippen molar-refractivity contribution in [1.82, 2.24) is 0 Å². The molecule has 19 heavy (non-hydrogen) atoms. The molecule has 5 heteroatoms. The van der Waals surface area contributed by atoms with Crippen molar-refractivity contribution in [1.29, 1.82) is 0 Å². The lowest BCUT2D eigenvalue weighted by atomic mass is 10.0. The zero-order valence-corrected chi connectivity index (χ0v) is 12.1. The van der Waals surface area contributed by atoms with Crippen LogP contribution in [-0.2, 0) is 9.05 Å². The molecule has 0 aromatic heterocycles. The van der Waals surface area contributed by atoms with Crippen LogP contribution < -0.4 is 4.74 Å². The molecule has 0 aliphatic carbocycles. The molecule has 0 amide bonds. The lowest BCUT2D eigenvalue weighted by molar-refractivity contribution is 0.415. The van der Waals surface area contributed by atoms with Gasteiger partial charge in [-0.3, -0.25) is 0 Å². The number of hydrogen-bond donors (Lipinski definition) is 0. The number of hydrogen-bond acceptors (Lipinski definition) is 3. The van der Waals surface area contributed by atoms with E-state index in [9.17, 15) is 8.42 Å². The second-order valence-corrected chi connectivity index (χ2v) is 6.71. The highest BCUT2D eigenvalue weighted by Crippen LogP contribution is 2.28. The lowest BCUT2D eigenvalue weighted by Crippen LogP contribution is -1.93. The van der Waals surface area contributed by atoms with Crippen LogP contribution in [0.25, 0.3) is 11.1 Å². The van der Waals surface area contributed by atoms with Gasteiger partial charge in [-0.1, -0.05) is 18.2 Å². The third-order valence-corrected chi connectivity index (χ3v) is 4.23. The van der Waals surface area contributed by atoms with Crippen LogP contribution in [-0.4, -0.2) is 15.5 Å². The van der Waals surface area contributed by atoms with Gasteiger partial charge in [0.25, 0.3) is 9.05 Å². The molecule has 0 radical (unpaired) electrons. The third kappa shape index (κ3) is 3.08. The van der Waals surface area contributed by atoms with Gasteiger partial charge in [0.2, 0.25) is 0 Å². The van der Waals surface area contributed by atoms with E-state index in [1.165, 1.54) is 6.07 Å². The summed E-state index contributed by atoms with van der Waals surface area (Å²) in [5, 5.41) is 0. The number of benzene rings is 2. The number of halogens is 1. The minimum Gasteiger partial charge on any atom is -0.497 e. The molecule has 3 nitrogen and oxygen atoms in total. The highest BCUT2D eigenvalue weighted by molar-refractivity contribution is 8.13. The molecular formula is C14H13ClO3S. The summed E-state index contributed by atoms with van der Waals surface area (Å²) >= 11 is 0. The van der Waals surface area contributed by atoms with Gasteiger partial charge in [-0.15, -0.1) is 0 Å². The largest absolute Gasteiger partial charge is 0.497 e. The van der Waals surface area contributed by atoms with Gasteiger partial charge in [-0.05, 0) is 47.9 Å². The Morgan fingerprint density at radius 3 is 2.16 bits per heavy atom. The zero-order valence-electron chi connectivity index (χ0n) is 10.6. The highest BCUT2D eigenvalue weighted by Gasteiger charge is 2.12. The van der Waals surface area contributed by atoms with Crippen molar-refractivity contribution in [2.45, 2.75) is 11.8 Å². The molecule has 2 aromatic carbocycles. The van der Waals surface area contributed by atoms with E-state index in [1.807, 2.05) is 31.2 Å². The van der Waals surface area contributed by atoms with E-state index in [-0.39, 0.29) is 4.90 Å². The van der Waals surface area contributed by atoms with Gasteiger partial charge in [0.05, 0.1) is 12.0 Å². The van der Waals surface area contributed by atoms with Crippen LogP contribution in [0.1, 0.15) is 5.56 Å². The Bertz CT molecular complexity index is 691. The average Bonchev–Trinajstić information content (AvgIpc) is 2.38. The van der Waals surface area contributed by atoms with Crippen molar-refractivity contribution < 1.29 is 13.2 Å². The molecular weight excluding hydrogens is 284 g/mol. The number of ether oxygens (including phenoxy) is 1. The number of methoxy groups -OCH3 is 1. The Morgan fingerprint density at radius 2 is 1.68 bits per heavy atom. The maximum absolute atomic E-state index is 11.3. The quantitative estimate of drug-likeness (QED) is 0.813. The van der Waals surface area contributed by atoms with Gasteiger partial charge < -0.3 is 4.74 Å². The molecule has 100 valence electrons. The van der Waals surface area contributed by atoms with Crippen molar-refractivity contribution in [3.05, 3.63) is 48.0 Å². The van der Waals surface area contributed by atoms with E-state index in [1.54, 1.807) is 19.2 Å². The fourth-order valence-corrected chi connectivity index (χ4v) is 2.72. The lowest BCUT2D eigenvalue weighted by Gasteiger charge is -2.08. The van der Waals surface area contributed by atoms with Crippen LogP contribution in [0.2, 0.25) is 0 Å². The van der Waals surface area contributed by atoms with Gasteiger partial charge in [0.1, 0.15) is 5.75 Å². The molecule has 0 spiro atoms. The van der Waals surface area contributed by atoms with Crippen LogP contribution >= 0.6 is 10.7 Å². The highest BCUT2D eigenvalue weighted by atomic mass is 35.7. The molecule has 0 saturated carbocycles. The smallest absolute Gasteiger partial charge is 0.261 e. The van der Waals surface area contributed by atoms with E-state index < -0.39 is 9.05 Å². The van der Waals surface area contributed by atoms with Crippen molar-refractivity contribution in [2.75, 3.05) is 7.11 Å². The Balaban J connectivity index is 2.46. The predicted octanol–water partition coefficient (Wildman–Crippen LogP) is 3.60. The fraction of sp³-hybridized carbons (Fsp3) is 0.143. The molecule has 0 N–H and O–H groups in total. The third-order valence-electron chi connectivity index (χ3n) is 2.88. The van der Waals surface area contributed by atoms with E-state index in [0.29, 0.717) is 0 Å². The second-order valence-electron chi connectivity index (χ2n) is 4.14. The summed E-state index contributed by atoms with van der Waals surface area (Å²) in [5.74, 6) is 0.779. The van der Waals surface area contributed by atoms with Gasteiger partial charge in [0, 0.05) is 10.7 Å². The first-order valence-electron chi connectivity index (χ1n) is 5.61. The minimum atomic E-state index is -3.68. The van der Waals surface area contributed by atoms with Gasteiger partial charge >= 0.3 is 0 Å². The van der Waals surface area contributed by atoms with Crippen LogP contribution in [0, 0.1) is 6.92 Å². The first-order valence-corrected chi connectivity index (χ1v) is 7.92. The van der Waals surface area contributed by atoms with Gasteiger partial charge in [0.15, 0.2) is 0 Å². The summed E-state index contributed by atoms with van der Waals surface area (Å²) in [5.41, 5.74) is 2.82. The van der Waals surface area contributed by atoms with Gasteiger partial charge in [-0.25, -0.2) is 8.42 Å². The maximum atomic E-state index is 11.3. The van der Waals surface area contributed by atoms with E-state index >= 15 is 0 Å². The molecule has 0 unspecified atom stereocenters. The molecule has 0 atom stereocenters. The Labute approximate surface area is 117 Å². The molecule has 0 heterocycles. The SMILES string of the molecule is COc1ccc(-c2ccc(S(=O)(=O)Cl)cc2C)cc1. The normalized spacial score (nSPS) is 11.3. The van der Waals surface area contributed by atoms with Crippen molar-refractivity contribution in [3.8, 4) is 16.9 Å². The zero-order chi connectivity index (χ0) is 14.0. The standard InChI is InChI=1S/C14H13ClO3S/c1-10-9-13(19(15,16)17)7-8-14(10)11-3-5-12(18-2)6-4-11/h3-9H,1-2H3. The molecule has 0 saturated heterocycles. The molecule has 2 rings (SSSR count). The first kappa shape index (κ1) is 13.9. The van der Waals surface area contributed by atoms with Crippen LogP contribution in [0.4, 0.5) is 0 Å². The van der Waals surface area contributed by atoms with Crippen LogP contribution in [0.5, 0.6) is 5.75 Å². The van der Waals surface area contributed by atoms with Crippen LogP contribution in [0.15, 0.2) is 47.4 Å². The first-order chi connectivity index (χ1) is 8.91. The summed E-state index contributed by atoms with van der Waals surface area (Å²) in [4.78, 5) is 0.115. The molecule has 0 fully saturated rings. The minimum absolute atomic E-state index is 0.115. The summed E-state index contributed by atoms with van der Waals surface area (Å²) in [6.07, 6.45) is 0. The number of aryl methyl sites for hydroxylation is 1. The Kier molecular flexibility index (Phi) is 3.83. The molecule has 2 aromatic rings. The summed E-state index contributed by atoms with van der Waals surface area (Å²) in [6.45, 7) is 1.85. The van der Waals surface area contributed by atoms with Gasteiger partial charge in [-0.2, -0.15) is 0 Å². The predicted molar refractivity (Wildman–Crippen MR) is 76.2 cm³/mol. The molecule has 0 aliphatic heterocycles. The number of rotatable bonds is 3. The van der Waals surface area contributed by atoms with E-state index in [4.69, 9.17) is 15.4 Å². The molecule has 0 aliphatic rings. The Morgan fingerprint density at radius 1 is 1.05 bits per heavy atom. The monoisotopic (exact) mass is 296 g/mol. The Hall–Kier alpha value is -1.52. The van der Waals surface area contributed by atoms with Crippen molar-refractivity contribution in [3.63, 3.8) is 0 Å². The van der Waals surface area contributed by atoms with Crippen molar-refractivity contribution in [2.24, 2.45) is 0 Å². The van der Waals surface area contributed by atoms with Crippen molar-refractivity contribution >= 4 is 19.7 Å². The fourth-order valence-electron chi connectivity index (χ4n) is 1.88. The van der Waals surface area contributed by atoms with E-state index in [2.05, 4.69) is 0 Å². The topological polar surface area (TPSA) is 43.4 Å².